The summed E-state index contributed by atoms with van der Waals surface area (Å²) in [5.74, 6) is 1.86. The van der Waals surface area contributed by atoms with Crippen LogP contribution in [0.1, 0.15) is 11.3 Å². The molecule has 1 fully saturated rings. The van der Waals surface area contributed by atoms with Crippen LogP contribution in [-0.2, 0) is 11.3 Å². The first-order valence-electron chi connectivity index (χ1n) is 8.78. The lowest BCUT2D eigenvalue weighted by molar-refractivity contribution is -0.122. The number of ether oxygens (including phenoxy) is 1. The fraction of sp³-hybridized carbons (Fsp3) is 0.0909. The Labute approximate surface area is 183 Å². The molecule has 0 N–H and O–H groups in total. The summed E-state index contributed by atoms with van der Waals surface area (Å²) < 4.78 is 11.6. The molecule has 1 aliphatic heterocycles. The average molecular weight is 442 g/mol. The van der Waals surface area contributed by atoms with Crippen LogP contribution in [0.4, 0.5) is 0 Å². The number of furan rings is 1. The van der Waals surface area contributed by atoms with Gasteiger partial charge in [-0.2, -0.15) is 0 Å². The lowest BCUT2D eigenvalue weighted by Crippen LogP contribution is -2.27. The number of methoxy groups -OCH3 is 1. The van der Waals surface area contributed by atoms with Crippen LogP contribution in [-0.4, -0.2) is 22.2 Å². The van der Waals surface area contributed by atoms with Crippen LogP contribution in [0.25, 0.3) is 17.4 Å². The first-order chi connectivity index (χ1) is 14.0. The van der Waals surface area contributed by atoms with Gasteiger partial charge < -0.3 is 9.15 Å². The molecule has 1 aromatic heterocycles. The van der Waals surface area contributed by atoms with Gasteiger partial charge in [0, 0.05) is 11.6 Å². The van der Waals surface area contributed by atoms with E-state index in [0.29, 0.717) is 32.3 Å². The molecule has 0 bridgehead atoms. The summed E-state index contributed by atoms with van der Waals surface area (Å²) in [7, 11) is 1.62. The van der Waals surface area contributed by atoms with Crippen molar-refractivity contribution in [3.8, 4) is 17.1 Å². The van der Waals surface area contributed by atoms with Gasteiger partial charge in [0.25, 0.3) is 5.91 Å². The highest BCUT2D eigenvalue weighted by atomic mass is 35.5. The Morgan fingerprint density at radius 3 is 2.62 bits per heavy atom. The van der Waals surface area contributed by atoms with Crippen LogP contribution in [0.3, 0.4) is 0 Å². The lowest BCUT2D eigenvalue weighted by Gasteiger charge is -2.14. The van der Waals surface area contributed by atoms with Gasteiger partial charge >= 0.3 is 0 Å². The largest absolute Gasteiger partial charge is 0.497 e. The first kappa shape index (κ1) is 19.8. The Hall–Kier alpha value is -2.54. The van der Waals surface area contributed by atoms with Crippen LogP contribution >= 0.6 is 35.6 Å². The van der Waals surface area contributed by atoms with Crippen LogP contribution in [0, 0.1) is 0 Å². The molecule has 0 spiro atoms. The highest BCUT2D eigenvalue weighted by Crippen LogP contribution is 2.35. The van der Waals surface area contributed by atoms with Crippen molar-refractivity contribution in [3.63, 3.8) is 0 Å². The third-order valence-electron chi connectivity index (χ3n) is 4.41. The number of benzene rings is 2. The zero-order valence-electron chi connectivity index (χ0n) is 15.4. The zero-order valence-corrected chi connectivity index (χ0v) is 17.8. The van der Waals surface area contributed by atoms with Crippen molar-refractivity contribution in [3.05, 3.63) is 81.9 Å². The van der Waals surface area contributed by atoms with Gasteiger partial charge in [-0.3, -0.25) is 9.69 Å². The lowest BCUT2D eigenvalue weighted by atomic mass is 10.2. The molecule has 0 aliphatic carbocycles. The van der Waals surface area contributed by atoms with E-state index >= 15 is 0 Å². The van der Waals surface area contributed by atoms with E-state index in [1.54, 1.807) is 18.1 Å². The predicted octanol–water partition coefficient (Wildman–Crippen LogP) is 6.01. The van der Waals surface area contributed by atoms with Crippen molar-refractivity contribution < 1.29 is 13.9 Å². The van der Waals surface area contributed by atoms with Crippen molar-refractivity contribution in [2.75, 3.05) is 7.11 Å². The van der Waals surface area contributed by atoms with Gasteiger partial charge in [0.2, 0.25) is 0 Å². The average Bonchev–Trinajstić information content (AvgIpc) is 3.29. The van der Waals surface area contributed by atoms with Gasteiger partial charge in [-0.15, -0.1) is 0 Å². The molecule has 1 amide bonds. The molecule has 4 rings (SSSR count). The summed E-state index contributed by atoms with van der Waals surface area (Å²) in [4.78, 5) is 15.0. The summed E-state index contributed by atoms with van der Waals surface area (Å²) >= 11 is 12.9. The number of carbonyl (C=O) groups is 1. The second kappa shape index (κ2) is 8.45. The van der Waals surface area contributed by atoms with Crippen molar-refractivity contribution in [2.45, 2.75) is 6.54 Å². The molecule has 7 heteroatoms. The maximum absolute atomic E-state index is 12.8. The van der Waals surface area contributed by atoms with Crippen molar-refractivity contribution in [1.82, 2.24) is 4.90 Å². The summed E-state index contributed by atoms with van der Waals surface area (Å²) in [6.07, 6.45) is 1.72. The van der Waals surface area contributed by atoms with E-state index in [2.05, 4.69) is 0 Å². The summed E-state index contributed by atoms with van der Waals surface area (Å²) in [5, 5.41) is 0.610. The molecule has 4 nitrogen and oxygen atoms in total. The van der Waals surface area contributed by atoms with Gasteiger partial charge in [-0.1, -0.05) is 59.8 Å². The number of hydrogen-bond acceptors (Lipinski definition) is 5. The molecule has 0 radical (unpaired) electrons. The van der Waals surface area contributed by atoms with Crippen molar-refractivity contribution in [2.24, 2.45) is 0 Å². The van der Waals surface area contributed by atoms with Crippen LogP contribution in [0.5, 0.6) is 5.75 Å². The Morgan fingerprint density at radius 1 is 1.14 bits per heavy atom. The molecule has 2 heterocycles. The molecule has 3 aromatic rings. The van der Waals surface area contributed by atoms with Crippen LogP contribution in [0.2, 0.25) is 5.02 Å². The van der Waals surface area contributed by atoms with Crippen LogP contribution < -0.4 is 4.74 Å². The monoisotopic (exact) mass is 441 g/mol. The molecule has 1 aliphatic rings. The number of halogens is 1. The Morgan fingerprint density at radius 2 is 1.90 bits per heavy atom. The van der Waals surface area contributed by atoms with Gasteiger partial charge in [-0.25, -0.2) is 0 Å². The molecular weight excluding hydrogens is 426 g/mol. The normalized spacial score (nSPS) is 15.4. The number of hydrogen-bond donors (Lipinski definition) is 0. The Bertz CT molecular complexity index is 1110. The number of thioether (sulfide) groups is 1. The molecule has 0 unspecified atom stereocenters. The number of amides is 1. The molecule has 0 saturated carbocycles. The highest BCUT2D eigenvalue weighted by Gasteiger charge is 2.32. The van der Waals surface area contributed by atoms with Gasteiger partial charge in [-0.05, 0) is 42.0 Å². The SMILES string of the molecule is COc1ccc(CN2C(=O)/C(=C/c3ccc(-c4ccccc4Cl)o3)SC2=S)cc1. The minimum atomic E-state index is -0.133. The standard InChI is InChI=1S/C22H16ClNO3S2/c1-26-15-8-6-14(7-9-15)13-24-21(25)20(29-22(24)28)12-16-10-11-19(27-16)17-4-2-3-5-18(17)23/h2-12H,13H2,1H3/b20-12-. The second-order valence-electron chi connectivity index (χ2n) is 6.30. The Kier molecular flexibility index (Phi) is 5.76. The first-order valence-corrected chi connectivity index (χ1v) is 10.4. The third-order valence-corrected chi connectivity index (χ3v) is 6.12. The maximum atomic E-state index is 12.8. The zero-order chi connectivity index (χ0) is 20.4. The highest BCUT2D eigenvalue weighted by molar-refractivity contribution is 8.26. The smallest absolute Gasteiger partial charge is 0.266 e. The second-order valence-corrected chi connectivity index (χ2v) is 8.38. The molecule has 1 saturated heterocycles. The minimum Gasteiger partial charge on any atom is -0.497 e. The van der Waals surface area contributed by atoms with E-state index in [1.807, 2.05) is 60.7 Å². The van der Waals surface area contributed by atoms with E-state index in [9.17, 15) is 4.79 Å². The molecule has 29 heavy (non-hydrogen) atoms. The molecule has 2 aromatic carbocycles. The number of nitrogens with zero attached hydrogens (tertiary/aromatic N) is 1. The molecule has 146 valence electrons. The van der Waals surface area contributed by atoms with E-state index in [1.165, 1.54) is 11.8 Å². The fourth-order valence-electron chi connectivity index (χ4n) is 2.92. The third kappa shape index (κ3) is 4.24. The maximum Gasteiger partial charge on any atom is 0.266 e. The van der Waals surface area contributed by atoms with Gasteiger partial charge in [0.15, 0.2) is 0 Å². The fourth-order valence-corrected chi connectivity index (χ4v) is 4.38. The predicted molar refractivity (Wildman–Crippen MR) is 121 cm³/mol. The van der Waals surface area contributed by atoms with Gasteiger partial charge in [0.05, 0.1) is 23.6 Å². The minimum absolute atomic E-state index is 0.133. The van der Waals surface area contributed by atoms with E-state index in [0.717, 1.165) is 16.9 Å². The number of thiocarbonyl (C=S) groups is 1. The van der Waals surface area contributed by atoms with E-state index in [-0.39, 0.29) is 5.91 Å². The van der Waals surface area contributed by atoms with E-state index in [4.69, 9.17) is 33.0 Å². The summed E-state index contributed by atoms with van der Waals surface area (Å²) in [6, 6.07) is 18.7. The summed E-state index contributed by atoms with van der Waals surface area (Å²) in [6.45, 7) is 0.412. The van der Waals surface area contributed by atoms with Crippen molar-refractivity contribution >= 4 is 51.9 Å². The molecular formula is C22H16ClNO3S2. The number of carbonyl (C=O) groups excluding carboxylic acids is 1. The van der Waals surface area contributed by atoms with Crippen LogP contribution in [0.15, 0.2) is 70.0 Å². The number of rotatable bonds is 5. The Balaban J connectivity index is 1.52. The summed E-state index contributed by atoms with van der Waals surface area (Å²) in [5.41, 5.74) is 1.78. The van der Waals surface area contributed by atoms with Crippen molar-refractivity contribution in [1.29, 1.82) is 0 Å². The quantitative estimate of drug-likeness (QED) is 0.358. The molecule has 0 atom stereocenters. The van der Waals surface area contributed by atoms with E-state index < -0.39 is 0 Å². The van der Waals surface area contributed by atoms with Gasteiger partial charge in [0.1, 0.15) is 21.6 Å². The topological polar surface area (TPSA) is 42.7 Å².